The van der Waals surface area contributed by atoms with Crippen LogP contribution in [0.3, 0.4) is 0 Å². The van der Waals surface area contributed by atoms with Crippen molar-refractivity contribution in [2.24, 2.45) is 0 Å². The van der Waals surface area contributed by atoms with E-state index in [1.54, 1.807) is 0 Å². The van der Waals surface area contributed by atoms with Gasteiger partial charge in [-0.2, -0.15) is 8.42 Å². The molecule has 1 fully saturated rings. The number of hydrogen-bond donors (Lipinski definition) is 1. The van der Waals surface area contributed by atoms with Gasteiger partial charge >= 0.3 is 0 Å². The van der Waals surface area contributed by atoms with Crippen LogP contribution in [0.1, 0.15) is 32.6 Å². The molecule has 5 nitrogen and oxygen atoms in total. The number of unbranched alkanes of at least 4 members (excludes halogenated alkanes) is 1. The number of rotatable bonds is 7. The van der Waals surface area contributed by atoms with Crippen LogP contribution in [0.15, 0.2) is 0 Å². The minimum Gasteiger partial charge on any atom is -0.325 e. The van der Waals surface area contributed by atoms with E-state index in [0.29, 0.717) is 6.42 Å². The van der Waals surface area contributed by atoms with Gasteiger partial charge in [0.15, 0.2) is 0 Å². The highest BCUT2D eigenvalue weighted by Gasteiger charge is 2.25. The first-order chi connectivity index (χ1) is 8.85. The number of quaternary nitrogens is 1. The first kappa shape index (κ1) is 16.9. The van der Waals surface area contributed by atoms with E-state index in [0.717, 1.165) is 30.7 Å². The summed E-state index contributed by atoms with van der Waals surface area (Å²) >= 11 is 0. The van der Waals surface area contributed by atoms with Crippen molar-refractivity contribution in [3.63, 3.8) is 0 Å². The Hall–Kier alpha value is -0.170. The molecule has 1 atom stereocenters. The minimum atomic E-state index is -3.80. The third kappa shape index (κ3) is 7.25. The molecule has 1 N–H and O–H groups in total. The molecule has 0 saturated carbocycles. The molecule has 0 aromatic carbocycles. The summed E-state index contributed by atoms with van der Waals surface area (Å²) in [5, 5.41) is 0. The largest absolute Gasteiger partial charge is 0.325 e. The second-order valence-electron chi connectivity index (χ2n) is 5.98. The maximum atomic E-state index is 10.7. The van der Waals surface area contributed by atoms with Gasteiger partial charge in [0.05, 0.1) is 32.4 Å². The molecule has 114 valence electrons. The Morgan fingerprint density at radius 1 is 1.21 bits per heavy atom. The van der Waals surface area contributed by atoms with Crippen molar-refractivity contribution in [3.8, 4) is 0 Å². The first-order valence-electron chi connectivity index (χ1n) is 7.36. The van der Waals surface area contributed by atoms with Gasteiger partial charge in [-0.25, -0.2) is 0 Å². The summed E-state index contributed by atoms with van der Waals surface area (Å²) in [7, 11) is -1.47. The Morgan fingerprint density at radius 2 is 1.95 bits per heavy atom. The normalized spacial score (nSPS) is 26.3. The fourth-order valence-electron chi connectivity index (χ4n) is 2.74. The highest BCUT2D eigenvalue weighted by molar-refractivity contribution is 7.85. The third-order valence-corrected chi connectivity index (χ3v) is 4.86. The Balaban J connectivity index is 2.33. The lowest BCUT2D eigenvalue weighted by Crippen LogP contribution is -2.47. The van der Waals surface area contributed by atoms with Crippen molar-refractivity contribution in [1.29, 1.82) is 0 Å². The van der Waals surface area contributed by atoms with Gasteiger partial charge in [0.25, 0.3) is 10.1 Å². The van der Waals surface area contributed by atoms with Crippen LogP contribution in [0.25, 0.3) is 0 Å². The molecule has 19 heavy (non-hydrogen) atoms. The van der Waals surface area contributed by atoms with E-state index >= 15 is 0 Å². The molecule has 1 saturated heterocycles. The van der Waals surface area contributed by atoms with Gasteiger partial charge in [-0.3, -0.25) is 9.45 Å². The van der Waals surface area contributed by atoms with Crippen LogP contribution in [0.2, 0.25) is 0 Å². The maximum Gasteiger partial charge on any atom is 0.264 e. The lowest BCUT2D eigenvalue weighted by Gasteiger charge is -2.33. The zero-order chi connectivity index (χ0) is 14.4. The second kappa shape index (κ2) is 7.57. The highest BCUT2D eigenvalue weighted by Crippen LogP contribution is 2.12. The van der Waals surface area contributed by atoms with Gasteiger partial charge in [-0.15, -0.1) is 0 Å². The molecule has 0 aromatic rings. The molecular weight excluding hydrogens is 264 g/mol. The number of likely N-dealkylation sites (N-methyl/N-ethyl adjacent to an activating group) is 1. The van der Waals surface area contributed by atoms with Crippen molar-refractivity contribution in [3.05, 3.63) is 0 Å². The molecule has 1 rings (SSSR count). The Labute approximate surface area is 117 Å². The smallest absolute Gasteiger partial charge is 0.264 e. The number of nitrogens with zero attached hydrogens (tertiary/aromatic N) is 2. The molecule has 1 unspecified atom stereocenters. The Bertz CT molecular complexity index is 359. The van der Waals surface area contributed by atoms with Crippen molar-refractivity contribution in [1.82, 2.24) is 4.90 Å². The lowest BCUT2D eigenvalue weighted by molar-refractivity contribution is -0.907. The quantitative estimate of drug-likeness (QED) is 0.566. The molecule has 0 amide bonds. The third-order valence-electron chi connectivity index (χ3n) is 4.06. The molecule has 1 heterocycles. The van der Waals surface area contributed by atoms with Gasteiger partial charge < -0.3 is 4.48 Å². The topological polar surface area (TPSA) is 57.6 Å². The Morgan fingerprint density at radius 3 is 2.58 bits per heavy atom. The molecule has 0 aliphatic carbocycles. The zero-order valence-electron chi connectivity index (χ0n) is 12.3. The molecule has 0 aromatic heterocycles. The molecular formula is C13H29N2O3S+. The summed E-state index contributed by atoms with van der Waals surface area (Å²) in [6, 6.07) is 0. The van der Waals surface area contributed by atoms with Crippen molar-refractivity contribution >= 4 is 10.1 Å². The van der Waals surface area contributed by atoms with Crippen LogP contribution >= 0.6 is 0 Å². The molecule has 1 aliphatic rings. The highest BCUT2D eigenvalue weighted by atomic mass is 32.2. The van der Waals surface area contributed by atoms with E-state index in [2.05, 4.69) is 18.9 Å². The van der Waals surface area contributed by atoms with Crippen LogP contribution in [-0.2, 0) is 10.1 Å². The van der Waals surface area contributed by atoms with Gasteiger partial charge in [0.2, 0.25) is 0 Å². The van der Waals surface area contributed by atoms with E-state index in [-0.39, 0.29) is 5.75 Å². The van der Waals surface area contributed by atoms with Crippen LogP contribution in [0, 0.1) is 0 Å². The van der Waals surface area contributed by atoms with Gasteiger partial charge in [0.1, 0.15) is 0 Å². The van der Waals surface area contributed by atoms with Crippen molar-refractivity contribution in [2.45, 2.75) is 32.6 Å². The summed E-state index contributed by atoms with van der Waals surface area (Å²) < 4.78 is 31.3. The SMILES string of the molecule is CCCC[N+]1(C)CCCN(CCCS(=O)(=O)O)CC1. The monoisotopic (exact) mass is 293 g/mol. The average molecular weight is 293 g/mol. The van der Waals surface area contributed by atoms with E-state index in [9.17, 15) is 8.42 Å². The average Bonchev–Trinajstić information content (AvgIpc) is 2.49. The van der Waals surface area contributed by atoms with Gasteiger partial charge in [-0.05, 0) is 19.4 Å². The standard InChI is InChI=1S/C13H28N2O3S/c1-3-4-10-15(2)11-5-7-14(9-12-15)8-6-13-19(16,17)18/h3-13H2,1-2H3/p+1. The zero-order valence-corrected chi connectivity index (χ0v) is 13.2. The summed E-state index contributed by atoms with van der Waals surface area (Å²) in [5.41, 5.74) is 0. The van der Waals surface area contributed by atoms with E-state index < -0.39 is 10.1 Å². The summed E-state index contributed by atoms with van der Waals surface area (Å²) in [4.78, 5) is 2.33. The van der Waals surface area contributed by atoms with Crippen LogP contribution < -0.4 is 0 Å². The van der Waals surface area contributed by atoms with Crippen LogP contribution in [-0.4, -0.2) is 74.4 Å². The predicted octanol–water partition coefficient (Wildman–Crippen LogP) is 1.22. The molecule has 0 radical (unpaired) electrons. The molecule has 0 spiro atoms. The van der Waals surface area contributed by atoms with E-state index in [1.165, 1.54) is 32.4 Å². The summed E-state index contributed by atoms with van der Waals surface area (Å²) in [6.45, 7) is 8.69. The van der Waals surface area contributed by atoms with Crippen molar-refractivity contribution in [2.75, 3.05) is 52.1 Å². The fourth-order valence-corrected chi connectivity index (χ4v) is 3.23. The van der Waals surface area contributed by atoms with E-state index in [4.69, 9.17) is 4.55 Å². The van der Waals surface area contributed by atoms with Gasteiger partial charge in [0, 0.05) is 19.5 Å². The molecule has 6 heteroatoms. The summed E-state index contributed by atoms with van der Waals surface area (Å²) in [6.07, 6.45) is 4.22. The molecule has 0 bridgehead atoms. The minimum absolute atomic E-state index is 0.120. The van der Waals surface area contributed by atoms with Crippen LogP contribution in [0.4, 0.5) is 0 Å². The van der Waals surface area contributed by atoms with Gasteiger partial charge in [-0.1, -0.05) is 13.3 Å². The molecule has 1 aliphatic heterocycles. The van der Waals surface area contributed by atoms with Crippen molar-refractivity contribution < 1.29 is 17.5 Å². The first-order valence-corrected chi connectivity index (χ1v) is 8.97. The Kier molecular flexibility index (Phi) is 6.73. The maximum absolute atomic E-state index is 10.7. The van der Waals surface area contributed by atoms with E-state index in [1.807, 2.05) is 0 Å². The van der Waals surface area contributed by atoms with Crippen LogP contribution in [0.5, 0.6) is 0 Å². The second-order valence-corrected chi connectivity index (χ2v) is 7.55. The predicted molar refractivity (Wildman–Crippen MR) is 77.8 cm³/mol. The fraction of sp³-hybridized carbons (Fsp3) is 1.00. The summed E-state index contributed by atoms with van der Waals surface area (Å²) in [5.74, 6) is -0.120. The lowest BCUT2D eigenvalue weighted by atomic mass is 10.2. The number of hydrogen-bond acceptors (Lipinski definition) is 3.